The summed E-state index contributed by atoms with van der Waals surface area (Å²) in [5.41, 5.74) is 2.12. The minimum absolute atomic E-state index is 0.0763. The monoisotopic (exact) mass is 490 g/mol. The molecule has 0 aliphatic rings. The lowest BCUT2D eigenvalue weighted by Crippen LogP contribution is -2.33. The Morgan fingerprint density at radius 2 is 1.35 bits per heavy atom. The highest BCUT2D eigenvalue weighted by atomic mass is 35.5. The molecular formula is C27H23ClN2O3S. The van der Waals surface area contributed by atoms with E-state index in [1.54, 1.807) is 60.7 Å². The van der Waals surface area contributed by atoms with Gasteiger partial charge in [0, 0.05) is 11.6 Å². The van der Waals surface area contributed by atoms with Crippen LogP contribution in [0.25, 0.3) is 0 Å². The SMILES string of the molecule is O=C(NCc1ccccc1Cl)c1ccccc1N(Cc1ccccc1)S(=O)(=O)c1ccccc1. The van der Waals surface area contributed by atoms with Crippen molar-refractivity contribution in [2.75, 3.05) is 4.31 Å². The van der Waals surface area contributed by atoms with E-state index in [1.807, 2.05) is 48.5 Å². The van der Waals surface area contributed by atoms with Gasteiger partial charge in [-0.05, 0) is 41.5 Å². The number of halogens is 1. The third-order valence-corrected chi connectivity index (χ3v) is 7.46. The first kappa shape index (κ1) is 23.5. The normalized spacial score (nSPS) is 11.1. The lowest BCUT2D eigenvalue weighted by Gasteiger charge is -2.26. The molecule has 0 bridgehead atoms. The number of benzene rings is 4. The highest BCUT2D eigenvalue weighted by Crippen LogP contribution is 2.29. The van der Waals surface area contributed by atoms with Crippen molar-refractivity contribution in [1.29, 1.82) is 0 Å². The molecule has 0 aliphatic heterocycles. The van der Waals surface area contributed by atoms with E-state index >= 15 is 0 Å². The van der Waals surface area contributed by atoms with Crippen LogP contribution in [0.1, 0.15) is 21.5 Å². The number of sulfonamides is 1. The molecule has 0 saturated carbocycles. The van der Waals surface area contributed by atoms with Gasteiger partial charge in [-0.2, -0.15) is 0 Å². The van der Waals surface area contributed by atoms with Crippen LogP contribution in [-0.4, -0.2) is 14.3 Å². The zero-order valence-electron chi connectivity index (χ0n) is 18.3. The van der Waals surface area contributed by atoms with Gasteiger partial charge in [-0.1, -0.05) is 90.5 Å². The van der Waals surface area contributed by atoms with Crippen molar-refractivity contribution in [3.63, 3.8) is 0 Å². The van der Waals surface area contributed by atoms with Crippen LogP contribution in [0.3, 0.4) is 0 Å². The first-order valence-corrected chi connectivity index (χ1v) is 12.5. The standard InChI is InChI=1S/C27H23ClN2O3S/c28-25-17-9-7-13-22(25)19-29-27(31)24-16-8-10-18-26(24)30(20-21-11-3-1-4-12-21)34(32,33)23-14-5-2-6-15-23/h1-18H,19-20H2,(H,29,31). The highest BCUT2D eigenvalue weighted by molar-refractivity contribution is 7.92. The summed E-state index contributed by atoms with van der Waals surface area (Å²) >= 11 is 6.21. The van der Waals surface area contributed by atoms with Gasteiger partial charge in [-0.3, -0.25) is 9.10 Å². The molecular weight excluding hydrogens is 468 g/mol. The fraction of sp³-hybridized carbons (Fsp3) is 0.0741. The second-order valence-electron chi connectivity index (χ2n) is 7.60. The second kappa shape index (κ2) is 10.5. The topological polar surface area (TPSA) is 66.5 Å². The molecule has 34 heavy (non-hydrogen) atoms. The Morgan fingerprint density at radius 1 is 0.765 bits per heavy atom. The second-order valence-corrected chi connectivity index (χ2v) is 9.87. The van der Waals surface area contributed by atoms with Crippen molar-refractivity contribution in [3.05, 3.63) is 131 Å². The number of hydrogen-bond acceptors (Lipinski definition) is 3. The third-order valence-electron chi connectivity index (χ3n) is 5.31. The number of nitrogens with zero attached hydrogens (tertiary/aromatic N) is 1. The molecule has 0 aliphatic carbocycles. The van der Waals surface area contributed by atoms with Crippen molar-refractivity contribution in [2.45, 2.75) is 18.0 Å². The molecule has 1 N–H and O–H groups in total. The molecule has 5 nitrogen and oxygen atoms in total. The molecule has 7 heteroatoms. The summed E-state index contributed by atoms with van der Waals surface area (Å²) in [7, 11) is -3.95. The Hall–Kier alpha value is -3.61. The van der Waals surface area contributed by atoms with Crippen LogP contribution >= 0.6 is 11.6 Å². The molecule has 0 saturated heterocycles. The molecule has 4 aromatic carbocycles. The minimum Gasteiger partial charge on any atom is -0.348 e. The molecule has 0 spiro atoms. The van der Waals surface area contributed by atoms with E-state index in [0.29, 0.717) is 10.7 Å². The average Bonchev–Trinajstić information content (AvgIpc) is 2.88. The van der Waals surface area contributed by atoms with E-state index in [4.69, 9.17) is 11.6 Å². The number of anilines is 1. The Labute approximate surface area is 204 Å². The Kier molecular flexibility index (Phi) is 7.30. The van der Waals surface area contributed by atoms with Crippen LogP contribution in [0.4, 0.5) is 5.69 Å². The van der Waals surface area contributed by atoms with E-state index in [0.717, 1.165) is 11.1 Å². The summed E-state index contributed by atoms with van der Waals surface area (Å²) in [6.45, 7) is 0.295. The van der Waals surface area contributed by atoms with Gasteiger partial charge < -0.3 is 5.32 Å². The first-order chi connectivity index (χ1) is 16.5. The molecule has 0 heterocycles. The van der Waals surface area contributed by atoms with E-state index in [-0.39, 0.29) is 23.5 Å². The number of rotatable bonds is 8. The largest absolute Gasteiger partial charge is 0.348 e. The number of carbonyl (C=O) groups is 1. The van der Waals surface area contributed by atoms with E-state index in [1.165, 1.54) is 4.31 Å². The lowest BCUT2D eigenvalue weighted by atomic mass is 10.1. The van der Waals surface area contributed by atoms with Crippen molar-refractivity contribution in [3.8, 4) is 0 Å². The first-order valence-electron chi connectivity index (χ1n) is 10.7. The Balaban J connectivity index is 1.72. The quantitative estimate of drug-likeness (QED) is 0.346. The van der Waals surface area contributed by atoms with Gasteiger partial charge in [0.25, 0.3) is 15.9 Å². The minimum atomic E-state index is -3.95. The van der Waals surface area contributed by atoms with E-state index in [2.05, 4.69) is 5.32 Å². The van der Waals surface area contributed by atoms with E-state index < -0.39 is 15.9 Å². The summed E-state index contributed by atoms with van der Waals surface area (Å²) in [4.78, 5) is 13.3. The van der Waals surface area contributed by atoms with Crippen LogP contribution in [0, 0.1) is 0 Å². The van der Waals surface area contributed by atoms with Crippen molar-refractivity contribution < 1.29 is 13.2 Å². The molecule has 1 amide bonds. The van der Waals surface area contributed by atoms with Crippen molar-refractivity contribution in [2.24, 2.45) is 0 Å². The summed E-state index contributed by atoms with van der Waals surface area (Å²) in [5.74, 6) is -0.392. The van der Waals surface area contributed by atoms with Crippen molar-refractivity contribution >= 4 is 33.2 Å². The number of hydrogen-bond donors (Lipinski definition) is 1. The molecule has 0 radical (unpaired) electrons. The predicted molar refractivity (Wildman–Crippen MR) is 135 cm³/mol. The highest BCUT2D eigenvalue weighted by Gasteiger charge is 2.28. The van der Waals surface area contributed by atoms with Crippen LogP contribution in [0.15, 0.2) is 114 Å². The molecule has 4 rings (SSSR count). The van der Waals surface area contributed by atoms with Gasteiger partial charge in [0.15, 0.2) is 0 Å². The zero-order chi connectivity index (χ0) is 24.0. The van der Waals surface area contributed by atoms with Crippen LogP contribution in [0.2, 0.25) is 5.02 Å². The number of para-hydroxylation sites is 1. The van der Waals surface area contributed by atoms with Crippen LogP contribution in [-0.2, 0) is 23.1 Å². The maximum atomic E-state index is 13.7. The summed E-state index contributed by atoms with van der Waals surface area (Å²) < 4.78 is 28.7. The Bertz CT molecular complexity index is 1380. The molecule has 0 fully saturated rings. The molecule has 4 aromatic rings. The fourth-order valence-corrected chi connectivity index (χ4v) is 5.26. The number of carbonyl (C=O) groups excluding carboxylic acids is 1. The summed E-state index contributed by atoms with van der Waals surface area (Å²) in [5, 5.41) is 3.41. The predicted octanol–water partition coefficient (Wildman–Crippen LogP) is 5.67. The van der Waals surface area contributed by atoms with E-state index in [9.17, 15) is 13.2 Å². The Morgan fingerprint density at radius 3 is 2.06 bits per heavy atom. The summed E-state index contributed by atoms with van der Waals surface area (Å²) in [6, 6.07) is 31.4. The molecule has 0 atom stereocenters. The van der Waals surface area contributed by atoms with Gasteiger partial charge in [0.2, 0.25) is 0 Å². The fourth-order valence-electron chi connectivity index (χ4n) is 3.56. The summed E-state index contributed by atoms with van der Waals surface area (Å²) in [6.07, 6.45) is 0. The van der Waals surface area contributed by atoms with Gasteiger partial charge in [-0.25, -0.2) is 8.42 Å². The van der Waals surface area contributed by atoms with Gasteiger partial charge in [-0.15, -0.1) is 0 Å². The number of nitrogens with one attached hydrogen (secondary N) is 1. The third kappa shape index (κ3) is 5.30. The lowest BCUT2D eigenvalue weighted by molar-refractivity contribution is 0.0951. The van der Waals surface area contributed by atoms with Gasteiger partial charge in [0.1, 0.15) is 0 Å². The van der Waals surface area contributed by atoms with Crippen LogP contribution in [0.5, 0.6) is 0 Å². The van der Waals surface area contributed by atoms with Crippen LogP contribution < -0.4 is 9.62 Å². The molecule has 172 valence electrons. The maximum Gasteiger partial charge on any atom is 0.264 e. The van der Waals surface area contributed by atoms with Gasteiger partial charge in [0.05, 0.1) is 22.7 Å². The smallest absolute Gasteiger partial charge is 0.264 e. The maximum absolute atomic E-state index is 13.7. The zero-order valence-corrected chi connectivity index (χ0v) is 19.8. The molecule has 0 unspecified atom stereocenters. The van der Waals surface area contributed by atoms with Gasteiger partial charge >= 0.3 is 0 Å². The van der Waals surface area contributed by atoms with Crippen molar-refractivity contribution in [1.82, 2.24) is 5.32 Å². The number of amides is 1. The molecule has 0 aromatic heterocycles. The average molecular weight is 491 g/mol.